The largest absolute Gasteiger partial charge is 0.356 e. The second kappa shape index (κ2) is 4.22. The van der Waals surface area contributed by atoms with Crippen molar-refractivity contribution in [1.29, 1.82) is 0 Å². The van der Waals surface area contributed by atoms with Crippen molar-refractivity contribution in [2.45, 2.75) is 52.9 Å². The SMILES string of the molecule is Cc1nc2c(c(N3CCC(C)(C)C3)n1)CCCC2. The molecule has 0 saturated carbocycles. The second-order valence-corrected chi connectivity index (χ2v) is 6.56. The molecule has 1 aromatic heterocycles. The van der Waals surface area contributed by atoms with Crippen molar-refractivity contribution in [2.24, 2.45) is 5.41 Å². The summed E-state index contributed by atoms with van der Waals surface area (Å²) in [5.74, 6) is 2.18. The maximum absolute atomic E-state index is 4.75. The highest BCUT2D eigenvalue weighted by molar-refractivity contribution is 5.51. The summed E-state index contributed by atoms with van der Waals surface area (Å²) in [6.45, 7) is 9.02. The van der Waals surface area contributed by atoms with Gasteiger partial charge in [0.15, 0.2) is 0 Å². The van der Waals surface area contributed by atoms with Crippen LogP contribution in [0, 0.1) is 12.3 Å². The minimum absolute atomic E-state index is 0.431. The smallest absolute Gasteiger partial charge is 0.135 e. The van der Waals surface area contributed by atoms with E-state index >= 15 is 0 Å². The minimum Gasteiger partial charge on any atom is -0.356 e. The van der Waals surface area contributed by atoms with E-state index < -0.39 is 0 Å². The van der Waals surface area contributed by atoms with Gasteiger partial charge in [-0.1, -0.05) is 13.8 Å². The molecule has 1 aromatic rings. The first-order chi connectivity index (χ1) is 8.55. The molecule has 1 aliphatic carbocycles. The Hall–Kier alpha value is -1.12. The van der Waals surface area contributed by atoms with E-state index in [9.17, 15) is 0 Å². The van der Waals surface area contributed by atoms with E-state index in [0.717, 1.165) is 25.3 Å². The van der Waals surface area contributed by atoms with Gasteiger partial charge in [-0.3, -0.25) is 0 Å². The first-order valence-corrected chi connectivity index (χ1v) is 7.16. The lowest BCUT2D eigenvalue weighted by Gasteiger charge is -2.26. The molecule has 3 nitrogen and oxygen atoms in total. The monoisotopic (exact) mass is 245 g/mol. The molecule has 0 radical (unpaired) electrons. The Bertz CT molecular complexity index is 465. The van der Waals surface area contributed by atoms with Crippen molar-refractivity contribution in [1.82, 2.24) is 9.97 Å². The molecule has 1 fully saturated rings. The third kappa shape index (κ3) is 2.11. The standard InChI is InChI=1S/C15H23N3/c1-11-16-13-7-5-4-6-12(13)14(17-11)18-9-8-15(2,3)10-18/h4-10H2,1-3H3. The fourth-order valence-electron chi connectivity index (χ4n) is 3.25. The second-order valence-electron chi connectivity index (χ2n) is 6.56. The number of hydrogen-bond donors (Lipinski definition) is 0. The van der Waals surface area contributed by atoms with Gasteiger partial charge in [-0.25, -0.2) is 9.97 Å². The predicted octanol–water partition coefficient (Wildman–Crippen LogP) is 2.90. The van der Waals surface area contributed by atoms with Gasteiger partial charge in [-0.15, -0.1) is 0 Å². The van der Waals surface area contributed by atoms with Gasteiger partial charge < -0.3 is 4.90 Å². The third-order valence-electron chi connectivity index (χ3n) is 4.25. The summed E-state index contributed by atoms with van der Waals surface area (Å²) >= 11 is 0. The third-order valence-corrected chi connectivity index (χ3v) is 4.25. The lowest BCUT2D eigenvalue weighted by molar-refractivity contribution is 0.418. The summed E-state index contributed by atoms with van der Waals surface area (Å²) in [5.41, 5.74) is 3.18. The number of hydrogen-bond acceptors (Lipinski definition) is 3. The quantitative estimate of drug-likeness (QED) is 0.762. The maximum atomic E-state index is 4.75. The normalized spacial score (nSPS) is 22.1. The van der Waals surface area contributed by atoms with E-state index in [1.807, 2.05) is 6.92 Å². The molecule has 0 spiro atoms. The number of fused-ring (bicyclic) bond motifs is 1. The Morgan fingerprint density at radius 2 is 1.89 bits per heavy atom. The Balaban J connectivity index is 1.99. The van der Waals surface area contributed by atoms with Gasteiger partial charge in [0.1, 0.15) is 11.6 Å². The van der Waals surface area contributed by atoms with Crippen LogP contribution in [-0.4, -0.2) is 23.1 Å². The highest BCUT2D eigenvalue weighted by atomic mass is 15.2. The zero-order valence-electron chi connectivity index (χ0n) is 11.8. The van der Waals surface area contributed by atoms with Crippen LogP contribution in [0.2, 0.25) is 0 Å². The van der Waals surface area contributed by atoms with Crippen LogP contribution in [0.15, 0.2) is 0 Å². The van der Waals surface area contributed by atoms with Crippen LogP contribution in [0.1, 0.15) is 50.2 Å². The van der Waals surface area contributed by atoms with Crippen LogP contribution in [0.5, 0.6) is 0 Å². The van der Waals surface area contributed by atoms with E-state index in [4.69, 9.17) is 4.98 Å². The molecule has 1 saturated heterocycles. The number of anilines is 1. The molecule has 0 atom stereocenters. The molecule has 0 N–H and O–H groups in total. The van der Waals surface area contributed by atoms with E-state index in [1.54, 1.807) is 0 Å². The summed E-state index contributed by atoms with van der Waals surface area (Å²) in [4.78, 5) is 11.9. The van der Waals surface area contributed by atoms with E-state index in [0.29, 0.717) is 5.41 Å². The van der Waals surface area contributed by atoms with E-state index in [2.05, 4.69) is 23.7 Å². The summed E-state index contributed by atoms with van der Waals surface area (Å²) < 4.78 is 0. The predicted molar refractivity (Wildman–Crippen MR) is 74.0 cm³/mol. The molecule has 18 heavy (non-hydrogen) atoms. The van der Waals surface area contributed by atoms with Crippen LogP contribution < -0.4 is 4.90 Å². The summed E-state index contributed by atoms with van der Waals surface area (Å²) in [5, 5.41) is 0. The van der Waals surface area contributed by atoms with Crippen LogP contribution in [0.25, 0.3) is 0 Å². The van der Waals surface area contributed by atoms with Crippen molar-refractivity contribution in [3.8, 4) is 0 Å². The zero-order chi connectivity index (χ0) is 12.8. The van der Waals surface area contributed by atoms with Gasteiger partial charge >= 0.3 is 0 Å². The molecule has 3 heteroatoms. The summed E-state index contributed by atoms with van der Waals surface area (Å²) in [7, 11) is 0. The Kier molecular flexibility index (Phi) is 2.80. The molecular formula is C15H23N3. The average molecular weight is 245 g/mol. The number of nitrogens with zero attached hydrogens (tertiary/aromatic N) is 3. The number of aromatic nitrogens is 2. The average Bonchev–Trinajstić information content (AvgIpc) is 2.68. The van der Waals surface area contributed by atoms with Crippen molar-refractivity contribution < 1.29 is 0 Å². The molecule has 2 aliphatic rings. The fraction of sp³-hybridized carbons (Fsp3) is 0.733. The van der Waals surface area contributed by atoms with Gasteiger partial charge in [0, 0.05) is 24.3 Å². The van der Waals surface area contributed by atoms with Gasteiger partial charge in [-0.2, -0.15) is 0 Å². The molecule has 1 aliphatic heterocycles. The Morgan fingerprint density at radius 3 is 2.61 bits per heavy atom. The number of rotatable bonds is 1. The van der Waals surface area contributed by atoms with Crippen LogP contribution in [0.3, 0.4) is 0 Å². The molecule has 0 aromatic carbocycles. The van der Waals surface area contributed by atoms with Crippen molar-refractivity contribution in [2.75, 3.05) is 18.0 Å². The van der Waals surface area contributed by atoms with Crippen molar-refractivity contribution in [3.05, 3.63) is 17.1 Å². The van der Waals surface area contributed by atoms with Crippen LogP contribution in [0.4, 0.5) is 5.82 Å². The number of aryl methyl sites for hydroxylation is 2. The van der Waals surface area contributed by atoms with Crippen molar-refractivity contribution >= 4 is 5.82 Å². The fourth-order valence-corrected chi connectivity index (χ4v) is 3.25. The lowest BCUT2D eigenvalue weighted by atomic mass is 9.93. The van der Waals surface area contributed by atoms with Gasteiger partial charge in [-0.05, 0) is 44.4 Å². The van der Waals surface area contributed by atoms with Crippen molar-refractivity contribution in [3.63, 3.8) is 0 Å². The van der Waals surface area contributed by atoms with E-state index in [-0.39, 0.29) is 0 Å². The van der Waals surface area contributed by atoms with Gasteiger partial charge in [0.2, 0.25) is 0 Å². The lowest BCUT2D eigenvalue weighted by Crippen LogP contribution is -2.26. The highest BCUT2D eigenvalue weighted by Crippen LogP contribution is 2.35. The highest BCUT2D eigenvalue weighted by Gasteiger charge is 2.32. The molecule has 0 amide bonds. The zero-order valence-corrected chi connectivity index (χ0v) is 11.8. The summed E-state index contributed by atoms with van der Waals surface area (Å²) in [6.07, 6.45) is 6.16. The van der Waals surface area contributed by atoms with Crippen LogP contribution in [-0.2, 0) is 12.8 Å². The molecule has 0 unspecified atom stereocenters. The topological polar surface area (TPSA) is 29.0 Å². The first-order valence-electron chi connectivity index (χ1n) is 7.16. The van der Waals surface area contributed by atoms with E-state index in [1.165, 1.54) is 42.8 Å². The Labute approximate surface area is 110 Å². The first kappa shape index (κ1) is 11.9. The van der Waals surface area contributed by atoms with Crippen LogP contribution >= 0.6 is 0 Å². The molecule has 0 bridgehead atoms. The minimum atomic E-state index is 0.431. The Morgan fingerprint density at radius 1 is 1.11 bits per heavy atom. The van der Waals surface area contributed by atoms with Gasteiger partial charge in [0.25, 0.3) is 0 Å². The molecule has 3 rings (SSSR count). The summed E-state index contributed by atoms with van der Waals surface area (Å²) in [6, 6.07) is 0. The molecular weight excluding hydrogens is 222 g/mol. The maximum Gasteiger partial charge on any atom is 0.135 e. The van der Waals surface area contributed by atoms with Gasteiger partial charge in [0.05, 0.1) is 0 Å². The molecule has 2 heterocycles. The molecule has 98 valence electrons.